The first-order chi connectivity index (χ1) is 17.2. The largest absolute Gasteiger partial charge is 0.393 e. The summed E-state index contributed by atoms with van der Waals surface area (Å²) in [5.74, 6) is 4.27. The Labute approximate surface area is 220 Å². The van der Waals surface area contributed by atoms with Crippen molar-refractivity contribution in [1.29, 1.82) is 0 Å². The van der Waals surface area contributed by atoms with Crippen LogP contribution in [0.25, 0.3) is 0 Å². The fraction of sp³-hybridized carbons (Fsp3) is 0.750. The molecule has 200 valence electrons. The first kappa shape index (κ1) is 26.5. The van der Waals surface area contributed by atoms with Crippen molar-refractivity contribution in [3.8, 4) is 0 Å². The quantitative estimate of drug-likeness (QED) is 0.365. The molecule has 0 spiro atoms. The van der Waals surface area contributed by atoms with Gasteiger partial charge in [-0.2, -0.15) is 0 Å². The van der Waals surface area contributed by atoms with Crippen LogP contribution in [0.1, 0.15) is 97.8 Å². The second-order valence-electron chi connectivity index (χ2n) is 13.3. The standard InChI is InChI=1S/C32H48O3S/c1-22(2)9-14-27(36(34,35)26-7-5-4-6-8-26)15-11-24-12-18-31-30-16-10-23-21-25(33)13-17-28(23)29(30)19-20-32(24,31)3/h4-8,10,22,24-25,27-31,33H,9,11-21H2,1-3H3. The number of sulfone groups is 1. The van der Waals surface area contributed by atoms with Crippen LogP contribution in [-0.4, -0.2) is 24.9 Å². The maximum Gasteiger partial charge on any atom is 0.181 e. The highest BCUT2D eigenvalue weighted by molar-refractivity contribution is 7.92. The molecule has 8 atom stereocenters. The molecule has 4 heteroatoms. The van der Waals surface area contributed by atoms with E-state index in [1.54, 1.807) is 17.7 Å². The van der Waals surface area contributed by atoms with E-state index in [9.17, 15) is 13.5 Å². The summed E-state index contributed by atoms with van der Waals surface area (Å²) in [7, 11) is -3.30. The second-order valence-corrected chi connectivity index (χ2v) is 15.6. The van der Waals surface area contributed by atoms with Gasteiger partial charge in [-0.25, -0.2) is 8.42 Å². The molecule has 3 fully saturated rings. The summed E-state index contributed by atoms with van der Waals surface area (Å²) >= 11 is 0. The van der Waals surface area contributed by atoms with E-state index in [0.29, 0.717) is 28.1 Å². The molecular weight excluding hydrogens is 464 g/mol. The Bertz CT molecular complexity index is 1030. The van der Waals surface area contributed by atoms with Crippen LogP contribution >= 0.6 is 0 Å². The summed E-state index contributed by atoms with van der Waals surface area (Å²) in [6.45, 7) is 6.96. The Balaban J connectivity index is 1.29. The number of benzene rings is 1. The molecule has 1 aromatic carbocycles. The van der Waals surface area contributed by atoms with Crippen LogP contribution in [0.2, 0.25) is 0 Å². The molecule has 0 bridgehead atoms. The molecule has 4 aliphatic rings. The molecule has 8 unspecified atom stereocenters. The van der Waals surface area contributed by atoms with Crippen molar-refractivity contribution >= 4 is 9.84 Å². The van der Waals surface area contributed by atoms with Crippen molar-refractivity contribution in [3.63, 3.8) is 0 Å². The lowest BCUT2D eigenvalue weighted by Crippen LogP contribution is -2.46. The topological polar surface area (TPSA) is 54.4 Å². The van der Waals surface area contributed by atoms with Gasteiger partial charge < -0.3 is 5.11 Å². The molecule has 5 rings (SSSR count). The minimum absolute atomic E-state index is 0.121. The first-order valence-electron chi connectivity index (χ1n) is 14.9. The molecule has 1 aromatic rings. The number of rotatable bonds is 8. The van der Waals surface area contributed by atoms with Gasteiger partial charge in [-0.05, 0) is 130 Å². The zero-order valence-electron chi connectivity index (χ0n) is 22.7. The van der Waals surface area contributed by atoms with Crippen LogP contribution in [-0.2, 0) is 9.84 Å². The van der Waals surface area contributed by atoms with Crippen LogP contribution in [0.15, 0.2) is 46.9 Å². The molecule has 0 heterocycles. The minimum atomic E-state index is -3.30. The molecule has 1 N–H and O–H groups in total. The van der Waals surface area contributed by atoms with Gasteiger partial charge in [-0.1, -0.05) is 50.6 Å². The highest BCUT2D eigenvalue weighted by Crippen LogP contribution is 2.64. The van der Waals surface area contributed by atoms with Gasteiger partial charge in [0.2, 0.25) is 0 Å². The van der Waals surface area contributed by atoms with Crippen LogP contribution in [0.3, 0.4) is 0 Å². The number of allylic oxidation sites excluding steroid dienone is 1. The van der Waals surface area contributed by atoms with Gasteiger partial charge in [-0.3, -0.25) is 0 Å². The van der Waals surface area contributed by atoms with Crippen molar-refractivity contribution in [2.75, 3.05) is 0 Å². The molecule has 0 amide bonds. The van der Waals surface area contributed by atoms with E-state index in [1.165, 1.54) is 38.5 Å². The first-order valence-corrected chi connectivity index (χ1v) is 16.4. The summed E-state index contributed by atoms with van der Waals surface area (Å²) in [6, 6.07) is 9.16. The van der Waals surface area contributed by atoms with Crippen molar-refractivity contribution in [2.24, 2.45) is 40.9 Å². The Morgan fingerprint density at radius 2 is 1.75 bits per heavy atom. The van der Waals surface area contributed by atoms with Crippen molar-refractivity contribution in [1.82, 2.24) is 0 Å². The number of aliphatic hydroxyl groups excluding tert-OH is 1. The lowest BCUT2D eigenvalue weighted by molar-refractivity contribution is -0.0199. The summed E-state index contributed by atoms with van der Waals surface area (Å²) in [5, 5.41) is 9.92. The highest BCUT2D eigenvalue weighted by atomic mass is 32.2. The van der Waals surface area contributed by atoms with Crippen LogP contribution in [0, 0.1) is 40.9 Å². The van der Waals surface area contributed by atoms with Crippen molar-refractivity contribution < 1.29 is 13.5 Å². The molecular formula is C32H48O3S. The number of hydrogen-bond donors (Lipinski definition) is 1. The van der Waals surface area contributed by atoms with E-state index in [0.717, 1.165) is 56.3 Å². The maximum absolute atomic E-state index is 13.6. The van der Waals surface area contributed by atoms with E-state index < -0.39 is 9.84 Å². The normalized spacial score (nSPS) is 37.1. The predicted molar refractivity (Wildman–Crippen MR) is 147 cm³/mol. The third-order valence-electron chi connectivity index (χ3n) is 11.0. The van der Waals surface area contributed by atoms with E-state index in [2.05, 4.69) is 26.8 Å². The minimum Gasteiger partial charge on any atom is -0.393 e. The number of fused-ring (bicyclic) bond motifs is 5. The number of hydrogen-bond acceptors (Lipinski definition) is 3. The van der Waals surface area contributed by atoms with Crippen LogP contribution in [0.4, 0.5) is 0 Å². The van der Waals surface area contributed by atoms with Gasteiger partial charge in [0, 0.05) is 0 Å². The van der Waals surface area contributed by atoms with E-state index in [4.69, 9.17) is 0 Å². The van der Waals surface area contributed by atoms with Gasteiger partial charge >= 0.3 is 0 Å². The third kappa shape index (κ3) is 4.98. The summed E-state index contributed by atoms with van der Waals surface area (Å²) in [5.41, 5.74) is 1.92. The van der Waals surface area contributed by atoms with Crippen molar-refractivity contribution in [2.45, 2.75) is 114 Å². The predicted octanol–water partition coefficient (Wildman–Crippen LogP) is 7.60. The summed E-state index contributed by atoms with van der Waals surface area (Å²) in [6.07, 6.45) is 15.5. The van der Waals surface area contributed by atoms with Crippen LogP contribution in [0.5, 0.6) is 0 Å². The average molecular weight is 513 g/mol. The van der Waals surface area contributed by atoms with Gasteiger partial charge in [0.15, 0.2) is 9.84 Å². The lowest BCUT2D eigenvalue weighted by Gasteiger charge is -2.54. The van der Waals surface area contributed by atoms with E-state index >= 15 is 0 Å². The Hall–Kier alpha value is -1.13. The SMILES string of the molecule is CC(C)CCC(CCC1CCC2C3CC=C4CC(O)CCC4C3CCC12C)S(=O)(=O)c1ccccc1. The van der Waals surface area contributed by atoms with E-state index in [-0.39, 0.29) is 11.4 Å². The average Bonchev–Trinajstić information content (AvgIpc) is 3.20. The van der Waals surface area contributed by atoms with Gasteiger partial charge in [0.1, 0.15) is 0 Å². The Morgan fingerprint density at radius 1 is 0.972 bits per heavy atom. The summed E-state index contributed by atoms with van der Waals surface area (Å²) in [4.78, 5) is 0.497. The maximum atomic E-state index is 13.6. The van der Waals surface area contributed by atoms with Gasteiger partial charge in [0.25, 0.3) is 0 Å². The molecule has 0 radical (unpaired) electrons. The smallest absolute Gasteiger partial charge is 0.181 e. The Morgan fingerprint density at radius 3 is 2.50 bits per heavy atom. The zero-order valence-corrected chi connectivity index (χ0v) is 23.6. The Kier molecular flexibility index (Phi) is 7.77. The third-order valence-corrected chi connectivity index (χ3v) is 13.3. The molecule has 3 saturated carbocycles. The lowest BCUT2D eigenvalue weighted by atomic mass is 9.51. The zero-order chi connectivity index (χ0) is 25.5. The second kappa shape index (κ2) is 10.6. The summed E-state index contributed by atoms with van der Waals surface area (Å²) < 4.78 is 27.3. The monoisotopic (exact) mass is 512 g/mol. The molecule has 4 aliphatic carbocycles. The molecule has 0 saturated heterocycles. The fourth-order valence-corrected chi connectivity index (χ4v) is 10.8. The molecule has 36 heavy (non-hydrogen) atoms. The highest BCUT2D eigenvalue weighted by Gasteiger charge is 2.55. The molecule has 0 aliphatic heterocycles. The van der Waals surface area contributed by atoms with Crippen LogP contribution < -0.4 is 0 Å². The molecule has 3 nitrogen and oxygen atoms in total. The van der Waals surface area contributed by atoms with Gasteiger partial charge in [-0.15, -0.1) is 0 Å². The number of aliphatic hydroxyl groups is 1. The van der Waals surface area contributed by atoms with E-state index in [1.807, 2.05) is 18.2 Å². The van der Waals surface area contributed by atoms with Gasteiger partial charge in [0.05, 0.1) is 16.2 Å². The molecule has 0 aromatic heterocycles. The van der Waals surface area contributed by atoms with Crippen molar-refractivity contribution in [3.05, 3.63) is 42.0 Å². The fourth-order valence-electron chi connectivity index (χ4n) is 9.00.